The van der Waals surface area contributed by atoms with Gasteiger partial charge in [-0.1, -0.05) is 48.5 Å². The molecule has 1 unspecified atom stereocenters. The maximum absolute atomic E-state index is 12.9. The first-order chi connectivity index (χ1) is 15.7. The minimum Gasteiger partial charge on any atom is -0.339 e. The highest BCUT2D eigenvalue weighted by Crippen LogP contribution is 2.36. The number of nitrogens with one attached hydrogen (secondary N) is 1. The highest BCUT2D eigenvalue weighted by atomic mass is 16.2. The van der Waals surface area contributed by atoms with Gasteiger partial charge in [0.15, 0.2) is 0 Å². The molecule has 5 heteroatoms. The number of para-hydroxylation sites is 1. The Balaban J connectivity index is 1.49. The molecule has 32 heavy (non-hydrogen) atoms. The van der Waals surface area contributed by atoms with Crippen molar-refractivity contribution < 1.29 is 9.59 Å². The van der Waals surface area contributed by atoms with Gasteiger partial charge in [0.25, 0.3) is 5.91 Å². The zero-order chi connectivity index (χ0) is 21.9. The number of aliphatic imine (C=N–C) groups is 1. The molecule has 0 aliphatic carbocycles. The van der Waals surface area contributed by atoms with Gasteiger partial charge in [-0.15, -0.1) is 0 Å². The monoisotopic (exact) mass is 423 g/mol. The molecule has 1 saturated heterocycles. The summed E-state index contributed by atoms with van der Waals surface area (Å²) in [5.74, 6) is -0.485. The van der Waals surface area contributed by atoms with Crippen LogP contribution in [-0.2, 0) is 4.79 Å². The standard InChI is InChI=1S/C27H25N3O2/c31-26-24(22-11-5-6-12-23(22)29-26)25(19-9-3-1-4-10-19)28-21-15-13-20(14-16-21)27(32)30-17-7-2-8-18-30/h1,3-6,9-16,24H,2,7-8,17-18H2,(H,29,31). The quantitative estimate of drug-likeness (QED) is 0.589. The summed E-state index contributed by atoms with van der Waals surface area (Å²) in [6.45, 7) is 1.65. The number of rotatable bonds is 4. The van der Waals surface area contributed by atoms with Crippen LogP contribution in [0.1, 0.15) is 46.7 Å². The molecule has 2 amide bonds. The zero-order valence-corrected chi connectivity index (χ0v) is 17.8. The van der Waals surface area contributed by atoms with Crippen LogP contribution in [0.5, 0.6) is 0 Å². The van der Waals surface area contributed by atoms with E-state index in [0.29, 0.717) is 11.3 Å². The first-order valence-corrected chi connectivity index (χ1v) is 11.1. The molecule has 160 valence electrons. The van der Waals surface area contributed by atoms with E-state index in [-0.39, 0.29) is 11.8 Å². The summed E-state index contributed by atoms with van der Waals surface area (Å²) >= 11 is 0. The van der Waals surface area contributed by atoms with Crippen molar-refractivity contribution in [3.05, 3.63) is 95.6 Å². The molecule has 3 aromatic rings. The van der Waals surface area contributed by atoms with Crippen LogP contribution in [0.3, 0.4) is 0 Å². The van der Waals surface area contributed by atoms with Crippen molar-refractivity contribution in [3.8, 4) is 0 Å². The van der Waals surface area contributed by atoms with Gasteiger partial charge in [0.1, 0.15) is 5.92 Å². The van der Waals surface area contributed by atoms with Crippen molar-refractivity contribution in [2.45, 2.75) is 25.2 Å². The van der Waals surface area contributed by atoms with Crippen LogP contribution in [0.2, 0.25) is 0 Å². The van der Waals surface area contributed by atoms with E-state index in [4.69, 9.17) is 4.99 Å². The number of hydrogen-bond donors (Lipinski definition) is 1. The fourth-order valence-corrected chi connectivity index (χ4v) is 4.48. The van der Waals surface area contributed by atoms with Crippen LogP contribution in [0.4, 0.5) is 11.4 Å². The van der Waals surface area contributed by atoms with Gasteiger partial charge in [0.05, 0.1) is 11.4 Å². The maximum atomic E-state index is 12.9. The zero-order valence-electron chi connectivity index (χ0n) is 17.8. The SMILES string of the molecule is O=C1Nc2ccccc2C1C(=Nc1ccc(C(=O)N2CCCCC2)cc1)c1ccccc1. The van der Waals surface area contributed by atoms with E-state index in [0.717, 1.165) is 48.4 Å². The van der Waals surface area contributed by atoms with Gasteiger partial charge in [-0.25, -0.2) is 0 Å². The fraction of sp³-hybridized carbons (Fsp3) is 0.222. The van der Waals surface area contributed by atoms with Gasteiger partial charge in [0, 0.05) is 24.3 Å². The van der Waals surface area contributed by atoms with Crippen molar-refractivity contribution in [2.75, 3.05) is 18.4 Å². The molecule has 0 aromatic heterocycles. The predicted octanol–water partition coefficient (Wildman–Crippen LogP) is 5.17. The lowest BCUT2D eigenvalue weighted by atomic mass is 9.90. The van der Waals surface area contributed by atoms with Crippen molar-refractivity contribution in [3.63, 3.8) is 0 Å². The first-order valence-electron chi connectivity index (χ1n) is 11.1. The predicted molar refractivity (Wildman–Crippen MR) is 127 cm³/mol. The number of hydrogen-bond acceptors (Lipinski definition) is 3. The molecule has 0 saturated carbocycles. The van der Waals surface area contributed by atoms with Crippen molar-refractivity contribution in [1.82, 2.24) is 4.90 Å². The van der Waals surface area contributed by atoms with Gasteiger partial charge < -0.3 is 10.2 Å². The summed E-state index contributed by atoms with van der Waals surface area (Å²) in [5, 5.41) is 2.97. The van der Waals surface area contributed by atoms with Gasteiger partial charge in [-0.2, -0.15) is 0 Å². The largest absolute Gasteiger partial charge is 0.339 e. The van der Waals surface area contributed by atoms with Crippen molar-refractivity contribution >= 4 is 28.9 Å². The first kappa shape index (κ1) is 20.2. The van der Waals surface area contributed by atoms with Crippen LogP contribution in [0.25, 0.3) is 0 Å². The fourth-order valence-electron chi connectivity index (χ4n) is 4.48. The lowest BCUT2D eigenvalue weighted by Gasteiger charge is -2.26. The lowest BCUT2D eigenvalue weighted by Crippen LogP contribution is -2.35. The second-order valence-electron chi connectivity index (χ2n) is 8.27. The van der Waals surface area contributed by atoms with Crippen LogP contribution >= 0.6 is 0 Å². The molecular weight excluding hydrogens is 398 g/mol. The number of carbonyl (C=O) groups is 2. The Bertz CT molecular complexity index is 1160. The smallest absolute Gasteiger partial charge is 0.253 e. The Morgan fingerprint density at radius 1 is 0.812 bits per heavy atom. The molecule has 2 aliphatic heterocycles. The average molecular weight is 424 g/mol. The minimum atomic E-state index is -0.483. The molecule has 2 aliphatic rings. The number of benzene rings is 3. The van der Waals surface area contributed by atoms with Crippen molar-refractivity contribution in [1.29, 1.82) is 0 Å². The molecule has 1 atom stereocenters. The Labute approximate surface area is 187 Å². The summed E-state index contributed by atoms with van der Waals surface area (Å²) in [6, 6.07) is 24.9. The van der Waals surface area contributed by atoms with E-state index in [2.05, 4.69) is 5.32 Å². The van der Waals surface area contributed by atoms with Crippen LogP contribution < -0.4 is 5.32 Å². The van der Waals surface area contributed by atoms with Crippen molar-refractivity contribution in [2.24, 2.45) is 4.99 Å². The summed E-state index contributed by atoms with van der Waals surface area (Å²) in [4.78, 5) is 32.5. The highest BCUT2D eigenvalue weighted by molar-refractivity contribution is 6.24. The van der Waals surface area contributed by atoms with Gasteiger partial charge in [0.2, 0.25) is 5.91 Å². The Morgan fingerprint density at radius 2 is 1.50 bits per heavy atom. The minimum absolute atomic E-state index is 0.0765. The Hall–Kier alpha value is -3.73. The number of amides is 2. The van der Waals surface area contributed by atoms with E-state index in [1.54, 1.807) is 0 Å². The molecule has 0 bridgehead atoms. The van der Waals surface area contributed by atoms with E-state index < -0.39 is 5.92 Å². The Morgan fingerprint density at radius 3 is 2.25 bits per heavy atom. The number of nitrogens with zero attached hydrogens (tertiary/aromatic N) is 2. The van der Waals surface area contributed by atoms with Gasteiger partial charge in [-0.3, -0.25) is 14.6 Å². The topological polar surface area (TPSA) is 61.8 Å². The van der Waals surface area contributed by atoms with E-state index in [1.165, 1.54) is 6.42 Å². The molecule has 5 nitrogen and oxygen atoms in total. The van der Waals surface area contributed by atoms with Gasteiger partial charge >= 0.3 is 0 Å². The summed E-state index contributed by atoms with van der Waals surface area (Å²) in [6.07, 6.45) is 3.33. The molecule has 5 rings (SSSR count). The molecule has 1 N–H and O–H groups in total. The number of carbonyl (C=O) groups excluding carboxylic acids is 2. The van der Waals surface area contributed by atoms with Gasteiger partial charge in [-0.05, 0) is 60.7 Å². The average Bonchev–Trinajstić information content (AvgIpc) is 3.19. The lowest BCUT2D eigenvalue weighted by molar-refractivity contribution is -0.115. The van der Waals surface area contributed by atoms with Crippen LogP contribution in [0, 0.1) is 0 Å². The molecule has 0 spiro atoms. The molecule has 0 radical (unpaired) electrons. The number of fused-ring (bicyclic) bond motifs is 1. The molecule has 1 fully saturated rings. The molecule has 2 heterocycles. The normalized spacial score (nSPS) is 18.2. The maximum Gasteiger partial charge on any atom is 0.253 e. The van der Waals surface area contributed by atoms with E-state index >= 15 is 0 Å². The summed E-state index contributed by atoms with van der Waals surface area (Å²) in [7, 11) is 0. The Kier molecular flexibility index (Phi) is 5.55. The highest BCUT2D eigenvalue weighted by Gasteiger charge is 2.35. The third-order valence-electron chi connectivity index (χ3n) is 6.14. The summed E-state index contributed by atoms with van der Waals surface area (Å²) < 4.78 is 0. The third-order valence-corrected chi connectivity index (χ3v) is 6.14. The number of likely N-dealkylation sites (tertiary alicyclic amines) is 1. The second kappa shape index (κ2) is 8.79. The molecular formula is C27H25N3O2. The summed E-state index contributed by atoms with van der Waals surface area (Å²) in [5.41, 5.74) is 4.75. The van der Waals surface area contributed by atoms with E-state index in [1.807, 2.05) is 83.8 Å². The van der Waals surface area contributed by atoms with E-state index in [9.17, 15) is 9.59 Å². The number of anilines is 1. The third kappa shape index (κ3) is 3.94. The number of piperidine rings is 1. The second-order valence-corrected chi connectivity index (χ2v) is 8.27. The van der Waals surface area contributed by atoms with Crippen LogP contribution in [-0.4, -0.2) is 35.5 Å². The molecule has 3 aromatic carbocycles. The van der Waals surface area contributed by atoms with Crippen LogP contribution in [0.15, 0.2) is 83.9 Å².